The van der Waals surface area contributed by atoms with Crippen molar-refractivity contribution in [2.24, 2.45) is 0 Å². The molecule has 2 aliphatic rings. The van der Waals surface area contributed by atoms with Gasteiger partial charge in [-0.05, 0) is 43.3 Å². The molecule has 1 amide bonds. The molecule has 7 heteroatoms. The summed E-state index contributed by atoms with van der Waals surface area (Å²) in [6.07, 6.45) is 0.762. The minimum absolute atomic E-state index is 0.0892. The van der Waals surface area contributed by atoms with Crippen molar-refractivity contribution >= 4 is 28.8 Å². The van der Waals surface area contributed by atoms with Gasteiger partial charge in [-0.25, -0.2) is 0 Å². The van der Waals surface area contributed by atoms with Gasteiger partial charge in [-0.2, -0.15) is 0 Å². The highest BCUT2D eigenvalue weighted by Gasteiger charge is 2.46. The normalized spacial score (nSPS) is 21.7. The van der Waals surface area contributed by atoms with Crippen LogP contribution in [0.5, 0.6) is 0 Å². The summed E-state index contributed by atoms with van der Waals surface area (Å²) in [5.41, 5.74) is 2.64. The van der Waals surface area contributed by atoms with Gasteiger partial charge in [-0.3, -0.25) is 14.5 Å². The monoisotopic (exact) mass is 440 g/mol. The van der Waals surface area contributed by atoms with E-state index < -0.39 is 17.7 Å². The number of hydrogen-bond donors (Lipinski definition) is 1. The molecule has 2 aromatic rings. The van der Waals surface area contributed by atoms with E-state index in [9.17, 15) is 14.7 Å². The molecule has 6 nitrogen and oxygen atoms in total. The van der Waals surface area contributed by atoms with Crippen LogP contribution in [0.3, 0.4) is 0 Å². The van der Waals surface area contributed by atoms with Crippen molar-refractivity contribution in [3.63, 3.8) is 0 Å². The molecular formula is C24H28N2O4S. The number of benzene rings is 1. The Balaban J connectivity index is 1.65. The van der Waals surface area contributed by atoms with Gasteiger partial charge in [0.2, 0.25) is 0 Å². The summed E-state index contributed by atoms with van der Waals surface area (Å²) in [5, 5.41) is 13.1. The maximum absolute atomic E-state index is 13.1. The van der Waals surface area contributed by atoms with Gasteiger partial charge >= 0.3 is 0 Å². The van der Waals surface area contributed by atoms with E-state index in [-0.39, 0.29) is 11.3 Å². The van der Waals surface area contributed by atoms with E-state index in [1.807, 2.05) is 49.6 Å². The highest BCUT2D eigenvalue weighted by Crippen LogP contribution is 2.41. The van der Waals surface area contributed by atoms with Crippen LogP contribution in [-0.2, 0) is 14.3 Å². The number of ether oxygens (including phenoxy) is 1. The molecule has 0 radical (unpaired) electrons. The zero-order valence-electron chi connectivity index (χ0n) is 18.0. The van der Waals surface area contributed by atoms with Gasteiger partial charge in [0.05, 0.1) is 24.8 Å². The molecule has 2 saturated heterocycles. The second kappa shape index (κ2) is 9.34. The molecule has 0 bridgehead atoms. The first-order chi connectivity index (χ1) is 15.0. The summed E-state index contributed by atoms with van der Waals surface area (Å²) in [5.74, 6) is -1.23. The van der Waals surface area contributed by atoms with E-state index in [0.29, 0.717) is 12.1 Å². The van der Waals surface area contributed by atoms with Crippen LogP contribution in [0, 0.1) is 13.8 Å². The van der Waals surface area contributed by atoms with Crippen LogP contribution in [0.15, 0.2) is 41.3 Å². The molecule has 2 aliphatic heterocycles. The summed E-state index contributed by atoms with van der Waals surface area (Å²) in [7, 11) is 0. The van der Waals surface area contributed by atoms with Gasteiger partial charge < -0.3 is 14.7 Å². The molecule has 0 aliphatic carbocycles. The minimum atomic E-state index is -0.608. The van der Waals surface area contributed by atoms with E-state index >= 15 is 0 Å². The number of aliphatic hydroxyl groups is 1. The molecule has 164 valence electrons. The molecule has 1 N–H and O–H groups in total. The van der Waals surface area contributed by atoms with E-state index in [1.54, 1.807) is 4.90 Å². The molecule has 1 aromatic carbocycles. The zero-order valence-corrected chi connectivity index (χ0v) is 18.8. The van der Waals surface area contributed by atoms with Crippen LogP contribution in [0.2, 0.25) is 0 Å². The van der Waals surface area contributed by atoms with Crippen LogP contribution >= 0.6 is 11.3 Å². The number of carbonyl (C=O) groups is 2. The third-order valence-electron chi connectivity index (χ3n) is 5.98. The number of nitrogens with zero attached hydrogens (tertiary/aromatic N) is 2. The molecule has 1 unspecified atom stereocenters. The largest absolute Gasteiger partial charge is 0.507 e. The van der Waals surface area contributed by atoms with Gasteiger partial charge in [0.1, 0.15) is 5.76 Å². The van der Waals surface area contributed by atoms with Gasteiger partial charge in [0, 0.05) is 36.6 Å². The Morgan fingerprint density at radius 3 is 2.65 bits per heavy atom. The second-order valence-electron chi connectivity index (χ2n) is 8.13. The molecule has 4 rings (SSSR count). The quantitative estimate of drug-likeness (QED) is 0.423. The number of rotatable bonds is 6. The molecule has 0 spiro atoms. The fraction of sp³-hybridized carbons (Fsp3) is 0.417. The number of amides is 1. The molecule has 31 heavy (non-hydrogen) atoms. The van der Waals surface area contributed by atoms with Gasteiger partial charge in [0.25, 0.3) is 11.7 Å². The lowest BCUT2D eigenvalue weighted by molar-refractivity contribution is -0.140. The third kappa shape index (κ3) is 4.44. The van der Waals surface area contributed by atoms with Gasteiger partial charge in [-0.15, -0.1) is 11.3 Å². The standard InChI is InChI=1S/C24H28N2O4S/c1-16-6-7-17(2)18(15-16)22(27)20-21(19-5-3-14-31-19)26(24(29)23(20)28)9-4-8-25-10-12-30-13-11-25/h3,5-7,14-15,21,27H,4,8-13H2,1-2H3. The molecule has 1 atom stereocenters. The number of ketones is 1. The number of carbonyl (C=O) groups excluding carboxylic acids is 2. The SMILES string of the molecule is Cc1ccc(C)c(C(O)=C2C(=O)C(=O)N(CCCN3CCOCC3)C2c2cccs2)c1. The number of morpholine rings is 1. The number of Topliss-reactive ketones (excluding diaryl/α,β-unsaturated/α-hetero) is 1. The highest BCUT2D eigenvalue weighted by molar-refractivity contribution is 7.10. The number of aryl methyl sites for hydroxylation is 2. The summed E-state index contributed by atoms with van der Waals surface area (Å²) >= 11 is 1.49. The first-order valence-corrected chi connectivity index (χ1v) is 11.5. The fourth-order valence-corrected chi connectivity index (χ4v) is 5.12. The number of aliphatic hydroxyl groups excluding tert-OH is 1. The van der Waals surface area contributed by atoms with Crippen molar-refractivity contribution in [2.75, 3.05) is 39.4 Å². The molecule has 1 aromatic heterocycles. The summed E-state index contributed by atoms with van der Waals surface area (Å²) in [4.78, 5) is 30.9. The number of thiophene rings is 1. The van der Waals surface area contributed by atoms with Gasteiger partial charge in [-0.1, -0.05) is 23.8 Å². The molecule has 2 fully saturated rings. The lowest BCUT2D eigenvalue weighted by atomic mass is 9.96. The summed E-state index contributed by atoms with van der Waals surface area (Å²) < 4.78 is 5.39. The van der Waals surface area contributed by atoms with Crippen molar-refractivity contribution in [1.82, 2.24) is 9.80 Å². The Hall–Kier alpha value is -2.48. The van der Waals surface area contributed by atoms with Crippen molar-refractivity contribution in [1.29, 1.82) is 0 Å². The Morgan fingerprint density at radius 1 is 1.16 bits per heavy atom. The predicted octanol–water partition coefficient (Wildman–Crippen LogP) is 3.51. The topological polar surface area (TPSA) is 70.1 Å². The Bertz CT molecular complexity index is 993. The van der Waals surface area contributed by atoms with E-state index in [0.717, 1.165) is 55.3 Å². The molecular weight excluding hydrogens is 412 g/mol. The van der Waals surface area contributed by atoms with Crippen molar-refractivity contribution < 1.29 is 19.4 Å². The van der Waals surface area contributed by atoms with Crippen LogP contribution < -0.4 is 0 Å². The maximum Gasteiger partial charge on any atom is 0.295 e. The summed E-state index contributed by atoms with van der Waals surface area (Å²) in [6.45, 7) is 8.39. The summed E-state index contributed by atoms with van der Waals surface area (Å²) in [6, 6.07) is 9.03. The van der Waals surface area contributed by atoms with Crippen molar-refractivity contribution in [3.05, 3.63) is 62.9 Å². The smallest absolute Gasteiger partial charge is 0.295 e. The van der Waals surface area contributed by atoms with Gasteiger partial charge in [0.15, 0.2) is 0 Å². The Labute approximate surface area is 186 Å². The fourth-order valence-electron chi connectivity index (χ4n) is 4.28. The first kappa shape index (κ1) is 21.7. The van der Waals surface area contributed by atoms with E-state index in [1.165, 1.54) is 11.3 Å². The van der Waals surface area contributed by atoms with Crippen LogP contribution in [0.4, 0.5) is 0 Å². The second-order valence-corrected chi connectivity index (χ2v) is 9.11. The molecule has 0 saturated carbocycles. The van der Waals surface area contributed by atoms with Crippen LogP contribution in [-0.4, -0.2) is 66.0 Å². The first-order valence-electron chi connectivity index (χ1n) is 10.7. The predicted molar refractivity (Wildman–Crippen MR) is 121 cm³/mol. The highest BCUT2D eigenvalue weighted by atomic mass is 32.1. The average molecular weight is 441 g/mol. The Kier molecular flexibility index (Phi) is 6.55. The molecule has 3 heterocycles. The number of hydrogen-bond acceptors (Lipinski definition) is 6. The maximum atomic E-state index is 13.1. The lowest BCUT2D eigenvalue weighted by Gasteiger charge is -2.28. The van der Waals surface area contributed by atoms with Crippen LogP contribution in [0.25, 0.3) is 5.76 Å². The van der Waals surface area contributed by atoms with E-state index in [4.69, 9.17) is 4.74 Å². The minimum Gasteiger partial charge on any atom is -0.507 e. The average Bonchev–Trinajstić information content (AvgIpc) is 3.38. The third-order valence-corrected chi connectivity index (χ3v) is 6.90. The zero-order chi connectivity index (χ0) is 22.0. The van der Waals surface area contributed by atoms with E-state index in [2.05, 4.69) is 4.90 Å². The van der Waals surface area contributed by atoms with Crippen molar-refractivity contribution in [3.8, 4) is 0 Å². The lowest BCUT2D eigenvalue weighted by Crippen LogP contribution is -2.38. The Morgan fingerprint density at radius 2 is 1.94 bits per heavy atom. The van der Waals surface area contributed by atoms with Crippen molar-refractivity contribution in [2.45, 2.75) is 26.3 Å². The van der Waals surface area contributed by atoms with Crippen LogP contribution in [0.1, 0.15) is 34.0 Å². The number of likely N-dealkylation sites (tertiary alicyclic amines) is 1.